The van der Waals surface area contributed by atoms with Gasteiger partial charge >= 0.3 is 11.9 Å². The lowest BCUT2D eigenvalue weighted by Gasteiger charge is -2.29. The Labute approximate surface area is 142 Å². The molecule has 0 fully saturated rings. The van der Waals surface area contributed by atoms with E-state index in [2.05, 4.69) is 0 Å². The van der Waals surface area contributed by atoms with Crippen LogP contribution in [0.3, 0.4) is 0 Å². The normalized spacial score (nSPS) is 11.2. The fourth-order valence-corrected chi connectivity index (χ4v) is 2.21. The van der Waals surface area contributed by atoms with Crippen molar-refractivity contribution >= 4 is 11.9 Å². The average molecular weight is 340 g/mol. The number of halogens is 1. The molecule has 0 aliphatic heterocycles. The van der Waals surface area contributed by atoms with E-state index in [9.17, 15) is 14.0 Å². The Kier molecular flexibility index (Phi) is 8.40. The SMILES string of the molecule is CCCCC(OCc1ccccc1F)(C(=O)OCC)C(=O)OCC. The second kappa shape index (κ2) is 10.0. The third kappa shape index (κ3) is 5.03. The summed E-state index contributed by atoms with van der Waals surface area (Å²) in [7, 11) is 0. The van der Waals surface area contributed by atoms with E-state index in [-0.39, 0.29) is 31.8 Å². The summed E-state index contributed by atoms with van der Waals surface area (Å²) in [6.45, 7) is 5.20. The van der Waals surface area contributed by atoms with E-state index < -0.39 is 23.4 Å². The van der Waals surface area contributed by atoms with Crippen LogP contribution in [-0.4, -0.2) is 30.8 Å². The van der Waals surface area contributed by atoms with Gasteiger partial charge in [-0.1, -0.05) is 31.5 Å². The van der Waals surface area contributed by atoms with E-state index in [4.69, 9.17) is 14.2 Å². The second-order valence-electron chi connectivity index (χ2n) is 5.25. The smallest absolute Gasteiger partial charge is 0.350 e. The molecule has 0 heterocycles. The molecule has 0 N–H and O–H groups in total. The largest absolute Gasteiger partial charge is 0.463 e. The summed E-state index contributed by atoms with van der Waals surface area (Å²) in [5.41, 5.74) is -1.61. The van der Waals surface area contributed by atoms with Crippen LogP contribution in [0.5, 0.6) is 0 Å². The summed E-state index contributed by atoms with van der Waals surface area (Å²) >= 11 is 0. The van der Waals surface area contributed by atoms with Crippen molar-refractivity contribution in [2.75, 3.05) is 13.2 Å². The summed E-state index contributed by atoms with van der Waals surface area (Å²) in [5, 5.41) is 0. The molecule has 0 saturated heterocycles. The van der Waals surface area contributed by atoms with Crippen LogP contribution in [0.25, 0.3) is 0 Å². The maximum atomic E-state index is 13.8. The van der Waals surface area contributed by atoms with E-state index in [1.54, 1.807) is 26.0 Å². The molecule has 1 rings (SSSR count). The van der Waals surface area contributed by atoms with Crippen molar-refractivity contribution in [1.29, 1.82) is 0 Å². The number of benzene rings is 1. The van der Waals surface area contributed by atoms with Crippen LogP contribution in [0.1, 0.15) is 45.6 Å². The highest BCUT2D eigenvalue weighted by Gasteiger charge is 2.50. The standard InChI is InChI=1S/C18H25FO5/c1-4-7-12-18(16(20)22-5-2,17(21)23-6-3)24-13-14-10-8-9-11-15(14)19/h8-11H,4-7,12-13H2,1-3H3. The first-order valence-corrected chi connectivity index (χ1v) is 8.23. The zero-order valence-electron chi connectivity index (χ0n) is 14.5. The number of carbonyl (C=O) groups is 2. The van der Waals surface area contributed by atoms with Crippen molar-refractivity contribution in [2.45, 2.75) is 52.2 Å². The molecule has 0 aliphatic rings. The molecule has 0 unspecified atom stereocenters. The van der Waals surface area contributed by atoms with Crippen molar-refractivity contribution < 1.29 is 28.2 Å². The minimum atomic E-state index is -1.87. The first-order valence-electron chi connectivity index (χ1n) is 8.23. The van der Waals surface area contributed by atoms with Gasteiger partial charge in [0, 0.05) is 5.56 Å². The summed E-state index contributed by atoms with van der Waals surface area (Å²) in [6.07, 6.45) is 1.44. The zero-order valence-corrected chi connectivity index (χ0v) is 14.5. The zero-order chi connectivity index (χ0) is 18.0. The number of unbranched alkanes of at least 4 members (excludes halogenated alkanes) is 1. The molecule has 0 amide bonds. The minimum absolute atomic E-state index is 0.106. The van der Waals surface area contributed by atoms with Crippen LogP contribution in [-0.2, 0) is 30.4 Å². The fraction of sp³-hybridized carbons (Fsp3) is 0.556. The lowest BCUT2D eigenvalue weighted by molar-refractivity contribution is -0.194. The molecule has 0 saturated carbocycles. The topological polar surface area (TPSA) is 61.8 Å². The van der Waals surface area contributed by atoms with Gasteiger partial charge < -0.3 is 14.2 Å². The van der Waals surface area contributed by atoms with E-state index in [1.807, 2.05) is 6.92 Å². The van der Waals surface area contributed by atoms with Crippen molar-refractivity contribution in [1.82, 2.24) is 0 Å². The van der Waals surface area contributed by atoms with Gasteiger partial charge in [-0.15, -0.1) is 0 Å². The molecule has 0 aliphatic carbocycles. The van der Waals surface area contributed by atoms with Crippen molar-refractivity contribution in [3.8, 4) is 0 Å². The van der Waals surface area contributed by atoms with Crippen LogP contribution in [0.4, 0.5) is 4.39 Å². The first-order chi connectivity index (χ1) is 11.5. The Hall–Kier alpha value is -1.95. The minimum Gasteiger partial charge on any atom is -0.463 e. The van der Waals surface area contributed by atoms with E-state index in [1.165, 1.54) is 12.1 Å². The first kappa shape index (κ1) is 20.1. The van der Waals surface area contributed by atoms with Gasteiger partial charge in [-0.2, -0.15) is 0 Å². The van der Waals surface area contributed by atoms with Crippen LogP contribution in [0, 0.1) is 5.82 Å². The monoisotopic (exact) mass is 340 g/mol. The summed E-state index contributed by atoms with van der Waals surface area (Å²) in [4.78, 5) is 24.9. The maximum Gasteiger partial charge on any atom is 0.350 e. The Balaban J connectivity index is 3.09. The van der Waals surface area contributed by atoms with Gasteiger partial charge in [0.15, 0.2) is 0 Å². The predicted molar refractivity (Wildman–Crippen MR) is 86.7 cm³/mol. The maximum absolute atomic E-state index is 13.8. The van der Waals surface area contributed by atoms with Gasteiger partial charge in [-0.3, -0.25) is 0 Å². The number of carbonyl (C=O) groups excluding carboxylic acids is 2. The lowest BCUT2D eigenvalue weighted by Crippen LogP contribution is -2.51. The van der Waals surface area contributed by atoms with Gasteiger partial charge in [-0.25, -0.2) is 14.0 Å². The third-order valence-electron chi connectivity index (χ3n) is 3.52. The van der Waals surface area contributed by atoms with Crippen LogP contribution >= 0.6 is 0 Å². The molecular weight excluding hydrogens is 315 g/mol. The lowest BCUT2D eigenvalue weighted by atomic mass is 9.96. The number of hydrogen-bond acceptors (Lipinski definition) is 5. The number of rotatable bonds is 10. The van der Waals surface area contributed by atoms with E-state index in [0.717, 1.165) is 6.42 Å². The van der Waals surface area contributed by atoms with Crippen molar-refractivity contribution in [3.05, 3.63) is 35.6 Å². The summed E-state index contributed by atoms with van der Waals surface area (Å²) in [5.74, 6) is -2.06. The van der Waals surface area contributed by atoms with Crippen LogP contribution in [0.15, 0.2) is 24.3 Å². The van der Waals surface area contributed by atoms with E-state index >= 15 is 0 Å². The Morgan fingerprint density at radius 1 is 1.04 bits per heavy atom. The van der Waals surface area contributed by atoms with Gasteiger partial charge in [0.1, 0.15) is 5.82 Å². The Bertz CT molecular complexity index is 526. The summed E-state index contributed by atoms with van der Waals surface area (Å²) < 4.78 is 29.5. The third-order valence-corrected chi connectivity index (χ3v) is 3.52. The molecule has 0 atom stereocenters. The van der Waals surface area contributed by atoms with E-state index in [0.29, 0.717) is 6.42 Å². The highest BCUT2D eigenvalue weighted by molar-refractivity contribution is 6.03. The molecule has 6 heteroatoms. The number of esters is 2. The summed E-state index contributed by atoms with van der Waals surface area (Å²) in [6, 6.07) is 6.04. The Morgan fingerprint density at radius 3 is 2.12 bits per heavy atom. The number of hydrogen-bond donors (Lipinski definition) is 0. The van der Waals surface area contributed by atoms with Gasteiger partial charge in [-0.05, 0) is 32.8 Å². The molecule has 0 aromatic heterocycles. The molecule has 0 spiro atoms. The molecule has 0 radical (unpaired) electrons. The van der Waals surface area contributed by atoms with Gasteiger partial charge in [0.25, 0.3) is 5.60 Å². The molecule has 134 valence electrons. The second-order valence-corrected chi connectivity index (χ2v) is 5.25. The molecule has 1 aromatic rings. The van der Waals surface area contributed by atoms with Crippen molar-refractivity contribution in [2.24, 2.45) is 0 Å². The van der Waals surface area contributed by atoms with Gasteiger partial charge in [0.05, 0.1) is 19.8 Å². The molecular formula is C18H25FO5. The molecule has 1 aromatic carbocycles. The van der Waals surface area contributed by atoms with Crippen LogP contribution in [0.2, 0.25) is 0 Å². The van der Waals surface area contributed by atoms with Gasteiger partial charge in [0.2, 0.25) is 0 Å². The predicted octanol–water partition coefficient (Wildman–Crippen LogP) is 3.40. The highest BCUT2D eigenvalue weighted by atomic mass is 19.1. The molecule has 0 bridgehead atoms. The molecule has 24 heavy (non-hydrogen) atoms. The quantitative estimate of drug-likeness (QED) is 0.482. The molecule has 5 nitrogen and oxygen atoms in total. The fourth-order valence-electron chi connectivity index (χ4n) is 2.21. The average Bonchev–Trinajstić information content (AvgIpc) is 2.57. The number of ether oxygens (including phenoxy) is 3. The van der Waals surface area contributed by atoms with Crippen LogP contribution < -0.4 is 0 Å². The highest BCUT2D eigenvalue weighted by Crippen LogP contribution is 2.26. The Morgan fingerprint density at radius 2 is 1.62 bits per heavy atom. The van der Waals surface area contributed by atoms with Crippen molar-refractivity contribution in [3.63, 3.8) is 0 Å².